The number of carbonyl (C=O) groups excluding carboxylic acids is 1. The Hall–Kier alpha value is -4.33. The van der Waals surface area contributed by atoms with Gasteiger partial charge in [-0.2, -0.15) is 0 Å². The van der Waals surface area contributed by atoms with Crippen LogP contribution in [0, 0.1) is 0 Å². The van der Waals surface area contributed by atoms with Crippen LogP contribution in [0.1, 0.15) is 60.5 Å². The van der Waals surface area contributed by atoms with Gasteiger partial charge in [-0.3, -0.25) is 4.79 Å². The molecule has 3 heterocycles. The van der Waals surface area contributed by atoms with Gasteiger partial charge in [0.1, 0.15) is 23.9 Å². The zero-order chi connectivity index (χ0) is 26.8. The Morgan fingerprint density at radius 2 is 1.85 bits per heavy atom. The van der Waals surface area contributed by atoms with E-state index in [9.17, 15) is 9.59 Å². The number of imidazole rings is 1. The predicted octanol–water partition coefficient (Wildman–Crippen LogP) is 6.19. The summed E-state index contributed by atoms with van der Waals surface area (Å²) in [5.41, 5.74) is 4.25. The average Bonchev–Trinajstić information content (AvgIpc) is 3.72. The third-order valence-corrected chi connectivity index (χ3v) is 7.69. The number of carbonyl (C=O) groups is 2. The summed E-state index contributed by atoms with van der Waals surface area (Å²) >= 11 is 0. The number of nitrogens with zero attached hydrogens (tertiary/aromatic N) is 3. The van der Waals surface area contributed by atoms with Crippen LogP contribution in [-0.4, -0.2) is 50.6 Å². The molecule has 4 aromatic rings. The van der Waals surface area contributed by atoms with Gasteiger partial charge in [-0.25, -0.2) is 9.78 Å². The van der Waals surface area contributed by atoms with Crippen LogP contribution in [0.5, 0.6) is 5.75 Å². The molecule has 1 saturated carbocycles. The molecule has 1 aliphatic heterocycles. The highest BCUT2D eigenvalue weighted by Crippen LogP contribution is 2.36. The van der Waals surface area contributed by atoms with Crippen molar-refractivity contribution in [1.29, 1.82) is 0 Å². The number of carboxylic acid groups (broad SMARTS) is 1. The molecule has 2 aromatic carbocycles. The molecule has 6 rings (SSSR count). The Morgan fingerprint density at radius 3 is 2.59 bits per heavy atom. The summed E-state index contributed by atoms with van der Waals surface area (Å²) in [6.45, 7) is 1.13. The SMILES string of the molecule is O=C(O)C=Cc1ccc(O[C@@H]2CCN(C(=O)c3ccc4c(c3)nc(-c3ccoc3)n4C3CCCCC3)C2)cc1. The minimum atomic E-state index is -0.985. The van der Waals surface area contributed by atoms with Crippen molar-refractivity contribution in [3.05, 3.63) is 78.3 Å². The van der Waals surface area contributed by atoms with Crippen LogP contribution in [-0.2, 0) is 4.79 Å². The first kappa shape index (κ1) is 25.0. The molecular weight excluding hydrogens is 494 g/mol. The zero-order valence-electron chi connectivity index (χ0n) is 21.7. The summed E-state index contributed by atoms with van der Waals surface area (Å²) in [7, 11) is 0. The lowest BCUT2D eigenvalue weighted by Gasteiger charge is -2.25. The third kappa shape index (κ3) is 5.32. The maximum absolute atomic E-state index is 13.4. The highest BCUT2D eigenvalue weighted by molar-refractivity contribution is 5.98. The number of fused-ring (bicyclic) bond motifs is 1. The normalized spacial score (nSPS) is 18.3. The van der Waals surface area contributed by atoms with E-state index in [1.54, 1.807) is 12.5 Å². The fourth-order valence-corrected chi connectivity index (χ4v) is 5.74. The lowest BCUT2D eigenvalue weighted by atomic mass is 9.95. The second-order valence-corrected chi connectivity index (χ2v) is 10.3. The monoisotopic (exact) mass is 525 g/mol. The number of benzene rings is 2. The van der Waals surface area contributed by atoms with E-state index in [0.717, 1.165) is 53.3 Å². The molecule has 2 aliphatic rings. The number of aliphatic carboxylic acids is 1. The number of ether oxygens (including phenoxy) is 1. The molecule has 8 heteroatoms. The lowest BCUT2D eigenvalue weighted by molar-refractivity contribution is -0.131. The topological polar surface area (TPSA) is 97.8 Å². The Bertz CT molecular complexity index is 1500. The van der Waals surface area contributed by atoms with Gasteiger partial charge >= 0.3 is 5.97 Å². The molecular formula is C31H31N3O5. The van der Waals surface area contributed by atoms with Crippen molar-refractivity contribution in [2.24, 2.45) is 0 Å². The molecule has 1 aliphatic carbocycles. The van der Waals surface area contributed by atoms with Gasteiger partial charge in [0.25, 0.3) is 5.91 Å². The highest BCUT2D eigenvalue weighted by Gasteiger charge is 2.29. The van der Waals surface area contributed by atoms with E-state index in [1.807, 2.05) is 53.4 Å². The van der Waals surface area contributed by atoms with E-state index in [1.165, 1.54) is 25.3 Å². The summed E-state index contributed by atoms with van der Waals surface area (Å²) in [4.78, 5) is 31.0. The molecule has 1 saturated heterocycles. The molecule has 2 aromatic heterocycles. The van der Waals surface area contributed by atoms with Crippen molar-refractivity contribution in [1.82, 2.24) is 14.5 Å². The number of hydrogen-bond acceptors (Lipinski definition) is 5. The first-order chi connectivity index (χ1) is 19.0. The standard InChI is InChI=1S/C31H31N3O5/c35-29(36)13-8-21-6-10-25(11-7-21)39-26-14-16-33(19-26)31(37)22-9-12-28-27(18-22)32-30(23-15-17-38-20-23)34(28)24-4-2-1-3-5-24/h6-13,15,17-18,20,24,26H,1-5,14,16,19H2,(H,35,36)/t26-/m1/s1. The van der Waals surface area contributed by atoms with E-state index >= 15 is 0 Å². The average molecular weight is 526 g/mol. The van der Waals surface area contributed by atoms with E-state index in [2.05, 4.69) is 4.57 Å². The molecule has 1 N–H and O–H groups in total. The first-order valence-corrected chi connectivity index (χ1v) is 13.6. The predicted molar refractivity (Wildman–Crippen MR) is 148 cm³/mol. The van der Waals surface area contributed by atoms with Crippen LogP contribution in [0.4, 0.5) is 0 Å². The minimum absolute atomic E-state index is 0.0192. The molecule has 0 unspecified atom stereocenters. The molecule has 8 nitrogen and oxygen atoms in total. The Balaban J connectivity index is 1.17. The van der Waals surface area contributed by atoms with Gasteiger partial charge in [-0.1, -0.05) is 31.4 Å². The van der Waals surface area contributed by atoms with Crippen molar-refractivity contribution in [2.45, 2.75) is 50.7 Å². The van der Waals surface area contributed by atoms with Crippen molar-refractivity contribution in [2.75, 3.05) is 13.1 Å². The smallest absolute Gasteiger partial charge is 0.328 e. The van der Waals surface area contributed by atoms with Crippen molar-refractivity contribution in [3.8, 4) is 17.1 Å². The second kappa shape index (κ2) is 10.8. The van der Waals surface area contributed by atoms with Crippen LogP contribution >= 0.6 is 0 Å². The van der Waals surface area contributed by atoms with Crippen molar-refractivity contribution in [3.63, 3.8) is 0 Å². The van der Waals surface area contributed by atoms with Crippen molar-refractivity contribution >= 4 is 29.0 Å². The summed E-state index contributed by atoms with van der Waals surface area (Å²) in [6.07, 6.45) is 12.7. The Kier molecular flexibility index (Phi) is 6.92. The van der Waals surface area contributed by atoms with Gasteiger partial charge in [-0.15, -0.1) is 0 Å². The van der Waals surface area contributed by atoms with E-state index in [-0.39, 0.29) is 12.0 Å². The number of likely N-dealkylation sites (tertiary alicyclic amines) is 1. The number of furan rings is 1. The van der Waals surface area contributed by atoms with Crippen LogP contribution in [0.3, 0.4) is 0 Å². The van der Waals surface area contributed by atoms with Crippen LogP contribution in [0.2, 0.25) is 0 Å². The molecule has 0 spiro atoms. The maximum Gasteiger partial charge on any atom is 0.328 e. The summed E-state index contributed by atoms with van der Waals surface area (Å²) < 4.78 is 13.8. The summed E-state index contributed by atoms with van der Waals surface area (Å²) in [5, 5.41) is 8.78. The second-order valence-electron chi connectivity index (χ2n) is 10.3. The van der Waals surface area contributed by atoms with Gasteiger partial charge in [0, 0.05) is 30.6 Å². The largest absolute Gasteiger partial charge is 0.489 e. The zero-order valence-corrected chi connectivity index (χ0v) is 21.7. The van der Waals surface area contributed by atoms with Gasteiger partial charge in [0.2, 0.25) is 0 Å². The fraction of sp³-hybridized carbons (Fsp3) is 0.323. The van der Waals surface area contributed by atoms with Crippen LogP contribution < -0.4 is 4.74 Å². The van der Waals surface area contributed by atoms with Crippen LogP contribution in [0.15, 0.2) is 71.6 Å². The maximum atomic E-state index is 13.4. The van der Waals surface area contributed by atoms with Gasteiger partial charge in [0.05, 0.1) is 29.4 Å². The molecule has 39 heavy (non-hydrogen) atoms. The summed E-state index contributed by atoms with van der Waals surface area (Å²) in [6, 6.07) is 15.5. The quantitative estimate of drug-likeness (QED) is 0.289. The number of amides is 1. The number of rotatable bonds is 7. The molecule has 1 amide bonds. The van der Waals surface area contributed by atoms with E-state index in [0.29, 0.717) is 30.4 Å². The Morgan fingerprint density at radius 1 is 1.03 bits per heavy atom. The lowest BCUT2D eigenvalue weighted by Crippen LogP contribution is -2.30. The van der Waals surface area contributed by atoms with E-state index < -0.39 is 5.97 Å². The van der Waals surface area contributed by atoms with Gasteiger partial charge in [0.15, 0.2) is 0 Å². The third-order valence-electron chi connectivity index (χ3n) is 7.69. The number of hydrogen-bond donors (Lipinski definition) is 1. The Labute approximate surface area is 226 Å². The molecule has 0 bridgehead atoms. The number of aromatic nitrogens is 2. The molecule has 2 fully saturated rings. The van der Waals surface area contributed by atoms with Crippen molar-refractivity contribution < 1.29 is 23.8 Å². The van der Waals surface area contributed by atoms with Crippen LogP contribution in [0.25, 0.3) is 28.5 Å². The molecule has 1 atom stereocenters. The molecule has 200 valence electrons. The molecule has 0 radical (unpaired) electrons. The van der Waals surface area contributed by atoms with Gasteiger partial charge < -0.3 is 23.7 Å². The van der Waals surface area contributed by atoms with Gasteiger partial charge in [-0.05, 0) is 60.9 Å². The fourth-order valence-electron chi connectivity index (χ4n) is 5.74. The summed E-state index contributed by atoms with van der Waals surface area (Å²) in [5.74, 6) is 0.591. The highest BCUT2D eigenvalue weighted by atomic mass is 16.5. The first-order valence-electron chi connectivity index (χ1n) is 13.6. The number of carboxylic acids is 1. The minimum Gasteiger partial charge on any atom is -0.489 e. The van der Waals surface area contributed by atoms with E-state index in [4.69, 9.17) is 19.2 Å².